The van der Waals surface area contributed by atoms with Gasteiger partial charge in [-0.05, 0) is 56.8 Å². The smallest absolute Gasteiger partial charge is 0.120 e. The molecule has 0 aliphatic rings. The lowest BCUT2D eigenvalue weighted by Crippen LogP contribution is -2.20. The Labute approximate surface area is 120 Å². The monoisotopic (exact) mass is 273 g/mol. The second kappa shape index (κ2) is 7.22. The number of rotatable bonds is 7. The minimum absolute atomic E-state index is 0.784. The van der Waals surface area contributed by atoms with Crippen LogP contribution in [0.2, 0.25) is 0 Å². The molecule has 2 rings (SSSR count). The quantitative estimate of drug-likeness (QED) is 0.841. The third kappa shape index (κ3) is 4.18. The molecule has 0 fully saturated rings. The first-order valence-corrected chi connectivity index (χ1v) is 6.99. The standard InChI is InChI=1S/C16H23N3O/c1-13-10-15(20-16(13)11-17-2)12-19(3)9-6-14-4-7-18-8-5-14/h4-5,7-8,10,17H,6,9,11-12H2,1-3H3. The molecule has 1 N–H and O–H groups in total. The largest absolute Gasteiger partial charge is 0.463 e. The fraction of sp³-hybridized carbons (Fsp3) is 0.438. The molecule has 0 aromatic carbocycles. The Kier molecular flexibility index (Phi) is 5.32. The van der Waals surface area contributed by atoms with Gasteiger partial charge >= 0.3 is 0 Å². The van der Waals surface area contributed by atoms with Gasteiger partial charge in [-0.1, -0.05) is 0 Å². The van der Waals surface area contributed by atoms with Crippen LogP contribution in [-0.2, 0) is 19.5 Å². The van der Waals surface area contributed by atoms with Crippen LogP contribution < -0.4 is 5.32 Å². The van der Waals surface area contributed by atoms with Crippen molar-refractivity contribution in [2.75, 3.05) is 20.6 Å². The highest BCUT2D eigenvalue weighted by molar-refractivity contribution is 5.20. The zero-order chi connectivity index (χ0) is 14.4. The molecule has 0 unspecified atom stereocenters. The Balaban J connectivity index is 1.85. The third-order valence-electron chi connectivity index (χ3n) is 3.37. The topological polar surface area (TPSA) is 41.3 Å². The third-order valence-corrected chi connectivity index (χ3v) is 3.37. The van der Waals surface area contributed by atoms with Crippen molar-refractivity contribution in [3.05, 3.63) is 53.2 Å². The fourth-order valence-corrected chi connectivity index (χ4v) is 2.22. The molecule has 0 saturated carbocycles. The lowest BCUT2D eigenvalue weighted by molar-refractivity contribution is 0.293. The van der Waals surface area contributed by atoms with Crippen molar-refractivity contribution < 1.29 is 4.42 Å². The van der Waals surface area contributed by atoms with Crippen LogP contribution in [0, 0.1) is 6.92 Å². The van der Waals surface area contributed by atoms with Crippen LogP contribution in [0.15, 0.2) is 35.0 Å². The van der Waals surface area contributed by atoms with E-state index in [1.165, 1.54) is 11.1 Å². The maximum absolute atomic E-state index is 5.86. The number of pyridine rings is 1. The van der Waals surface area contributed by atoms with Gasteiger partial charge in [0.1, 0.15) is 11.5 Å². The molecular weight excluding hydrogens is 250 g/mol. The summed E-state index contributed by atoms with van der Waals surface area (Å²) in [4.78, 5) is 6.32. The number of aromatic nitrogens is 1. The molecule has 2 heterocycles. The molecule has 4 nitrogen and oxygen atoms in total. The molecule has 4 heteroatoms. The van der Waals surface area contributed by atoms with Crippen molar-refractivity contribution in [2.24, 2.45) is 0 Å². The van der Waals surface area contributed by atoms with Crippen LogP contribution in [-0.4, -0.2) is 30.5 Å². The zero-order valence-electron chi connectivity index (χ0n) is 12.5. The average molecular weight is 273 g/mol. The summed E-state index contributed by atoms with van der Waals surface area (Å²) in [5.74, 6) is 2.06. The van der Waals surface area contributed by atoms with Gasteiger partial charge in [0.2, 0.25) is 0 Å². The molecule has 0 radical (unpaired) electrons. The number of furan rings is 1. The molecule has 20 heavy (non-hydrogen) atoms. The van der Waals surface area contributed by atoms with Gasteiger partial charge in [-0.15, -0.1) is 0 Å². The first kappa shape index (κ1) is 14.8. The van der Waals surface area contributed by atoms with Crippen molar-refractivity contribution in [1.29, 1.82) is 0 Å². The van der Waals surface area contributed by atoms with E-state index in [9.17, 15) is 0 Å². The highest BCUT2D eigenvalue weighted by atomic mass is 16.3. The molecule has 0 atom stereocenters. The first-order valence-electron chi connectivity index (χ1n) is 6.99. The SMILES string of the molecule is CNCc1oc(CN(C)CCc2ccncc2)cc1C. The van der Waals surface area contributed by atoms with Crippen LogP contribution in [0.3, 0.4) is 0 Å². The van der Waals surface area contributed by atoms with Gasteiger partial charge in [-0.3, -0.25) is 9.88 Å². The normalized spacial score (nSPS) is 11.2. The van der Waals surface area contributed by atoms with Crippen molar-refractivity contribution in [1.82, 2.24) is 15.2 Å². The Bertz CT molecular complexity index is 522. The molecule has 2 aromatic heterocycles. The van der Waals surface area contributed by atoms with Gasteiger partial charge in [0.05, 0.1) is 13.1 Å². The highest BCUT2D eigenvalue weighted by Gasteiger charge is 2.09. The molecule has 0 spiro atoms. The zero-order valence-corrected chi connectivity index (χ0v) is 12.5. The van der Waals surface area contributed by atoms with E-state index in [1.54, 1.807) is 0 Å². The van der Waals surface area contributed by atoms with E-state index in [0.29, 0.717) is 0 Å². The summed E-state index contributed by atoms with van der Waals surface area (Å²) in [6, 6.07) is 6.27. The van der Waals surface area contributed by atoms with E-state index < -0.39 is 0 Å². The van der Waals surface area contributed by atoms with E-state index in [-0.39, 0.29) is 0 Å². The Morgan fingerprint density at radius 3 is 2.75 bits per heavy atom. The van der Waals surface area contributed by atoms with Crippen molar-refractivity contribution in [2.45, 2.75) is 26.4 Å². The summed E-state index contributed by atoms with van der Waals surface area (Å²) in [7, 11) is 4.05. The molecular formula is C16H23N3O. The number of hydrogen-bond acceptors (Lipinski definition) is 4. The number of hydrogen-bond donors (Lipinski definition) is 1. The van der Waals surface area contributed by atoms with E-state index in [2.05, 4.69) is 47.4 Å². The van der Waals surface area contributed by atoms with Crippen LogP contribution in [0.1, 0.15) is 22.6 Å². The molecule has 0 amide bonds. The predicted molar refractivity (Wildman–Crippen MR) is 80.5 cm³/mol. The van der Waals surface area contributed by atoms with E-state index in [0.717, 1.165) is 37.6 Å². The first-order chi connectivity index (χ1) is 9.69. The van der Waals surface area contributed by atoms with Gasteiger partial charge in [-0.2, -0.15) is 0 Å². The minimum Gasteiger partial charge on any atom is -0.463 e. The van der Waals surface area contributed by atoms with Crippen LogP contribution in [0.25, 0.3) is 0 Å². The maximum atomic E-state index is 5.86. The van der Waals surface area contributed by atoms with Gasteiger partial charge in [-0.25, -0.2) is 0 Å². The lowest BCUT2D eigenvalue weighted by Gasteiger charge is -2.14. The minimum atomic E-state index is 0.784. The van der Waals surface area contributed by atoms with Gasteiger partial charge in [0.15, 0.2) is 0 Å². The van der Waals surface area contributed by atoms with Gasteiger partial charge < -0.3 is 9.73 Å². The molecule has 0 saturated heterocycles. The van der Waals surface area contributed by atoms with E-state index >= 15 is 0 Å². The average Bonchev–Trinajstić information content (AvgIpc) is 2.78. The molecule has 0 bridgehead atoms. The van der Waals surface area contributed by atoms with Crippen LogP contribution >= 0.6 is 0 Å². The highest BCUT2D eigenvalue weighted by Crippen LogP contribution is 2.16. The number of nitrogens with zero attached hydrogens (tertiary/aromatic N) is 2. The maximum Gasteiger partial charge on any atom is 0.120 e. The lowest BCUT2D eigenvalue weighted by atomic mass is 10.2. The summed E-state index contributed by atoms with van der Waals surface area (Å²) in [5, 5.41) is 3.12. The molecule has 108 valence electrons. The Morgan fingerprint density at radius 1 is 1.30 bits per heavy atom. The van der Waals surface area contributed by atoms with E-state index in [4.69, 9.17) is 4.42 Å². The van der Waals surface area contributed by atoms with Crippen LogP contribution in [0.5, 0.6) is 0 Å². The Hall–Kier alpha value is -1.65. The number of aryl methyl sites for hydroxylation is 1. The van der Waals surface area contributed by atoms with Crippen molar-refractivity contribution >= 4 is 0 Å². The predicted octanol–water partition coefficient (Wildman–Crippen LogP) is 2.38. The molecule has 0 aliphatic carbocycles. The molecule has 0 aliphatic heterocycles. The summed E-state index contributed by atoms with van der Waals surface area (Å²) >= 11 is 0. The second-order valence-corrected chi connectivity index (χ2v) is 5.19. The summed E-state index contributed by atoms with van der Waals surface area (Å²) < 4.78 is 5.86. The Morgan fingerprint density at radius 2 is 2.05 bits per heavy atom. The second-order valence-electron chi connectivity index (χ2n) is 5.19. The number of nitrogens with one attached hydrogen (secondary N) is 1. The van der Waals surface area contributed by atoms with Gasteiger partial charge in [0, 0.05) is 18.9 Å². The van der Waals surface area contributed by atoms with Crippen molar-refractivity contribution in [3.63, 3.8) is 0 Å². The number of likely N-dealkylation sites (N-methyl/N-ethyl adjacent to an activating group) is 1. The van der Waals surface area contributed by atoms with Gasteiger partial charge in [0.25, 0.3) is 0 Å². The summed E-state index contributed by atoms with van der Waals surface area (Å²) in [6.07, 6.45) is 4.71. The van der Waals surface area contributed by atoms with Crippen LogP contribution in [0.4, 0.5) is 0 Å². The van der Waals surface area contributed by atoms with Crippen molar-refractivity contribution in [3.8, 4) is 0 Å². The molecule has 2 aromatic rings. The summed E-state index contributed by atoms with van der Waals surface area (Å²) in [5.41, 5.74) is 2.54. The fourth-order valence-electron chi connectivity index (χ4n) is 2.22. The van der Waals surface area contributed by atoms with E-state index in [1.807, 2.05) is 19.4 Å². The summed E-state index contributed by atoms with van der Waals surface area (Å²) in [6.45, 7) is 4.73.